The zero-order valence-corrected chi connectivity index (χ0v) is 14.0. The first-order valence-corrected chi connectivity index (χ1v) is 6.69. The Kier molecular flexibility index (Phi) is 10.4. The summed E-state index contributed by atoms with van der Waals surface area (Å²) in [6, 6.07) is 4.13. The van der Waals surface area contributed by atoms with Crippen LogP contribution in [0, 0.1) is 6.92 Å². The van der Waals surface area contributed by atoms with Gasteiger partial charge in [-0.2, -0.15) is 0 Å². The number of nitrogen functional groups attached to an aromatic ring is 1. The molecule has 1 aromatic carbocycles. The van der Waals surface area contributed by atoms with Gasteiger partial charge >= 0.3 is 0 Å². The van der Waals surface area contributed by atoms with E-state index in [1.807, 2.05) is 26.8 Å². The molecule has 0 bridgehead atoms. The van der Waals surface area contributed by atoms with Crippen LogP contribution in [0.15, 0.2) is 12.1 Å². The van der Waals surface area contributed by atoms with Crippen LogP contribution in [0.2, 0.25) is 0 Å². The summed E-state index contributed by atoms with van der Waals surface area (Å²) in [7, 11) is 2.96. The molecular weight excluding hydrogens is 254 g/mol. The summed E-state index contributed by atoms with van der Waals surface area (Å²) in [5, 5.41) is 0. The molecule has 0 atom stereocenters. The van der Waals surface area contributed by atoms with Crippen molar-refractivity contribution in [3.05, 3.63) is 23.3 Å². The Morgan fingerprint density at radius 2 is 1.60 bits per heavy atom. The maximum atomic E-state index is 8.95. The van der Waals surface area contributed by atoms with Crippen molar-refractivity contribution in [1.82, 2.24) is 0 Å². The van der Waals surface area contributed by atoms with E-state index in [0.29, 0.717) is 6.47 Å². The van der Waals surface area contributed by atoms with Gasteiger partial charge in [0, 0.05) is 0 Å². The first-order valence-electron chi connectivity index (χ1n) is 6.69. The zero-order chi connectivity index (χ0) is 16.3. The predicted octanol–water partition coefficient (Wildman–Crippen LogP) is 3.70. The lowest BCUT2D eigenvalue weighted by molar-refractivity contribution is -0.126. The summed E-state index contributed by atoms with van der Waals surface area (Å²) >= 11 is 0. The summed E-state index contributed by atoms with van der Waals surface area (Å²) in [5.41, 5.74) is 9.09. The fourth-order valence-corrected chi connectivity index (χ4v) is 1.51. The molecule has 0 aromatic heterocycles. The van der Waals surface area contributed by atoms with Crippen LogP contribution in [0.4, 0.5) is 5.69 Å². The molecule has 116 valence electrons. The third-order valence-electron chi connectivity index (χ3n) is 2.47. The van der Waals surface area contributed by atoms with Crippen LogP contribution in [-0.2, 0) is 14.9 Å². The summed E-state index contributed by atoms with van der Waals surface area (Å²) < 4.78 is 9.08. The fourth-order valence-electron chi connectivity index (χ4n) is 1.51. The van der Waals surface area contributed by atoms with Gasteiger partial charge in [0.05, 0.1) is 19.9 Å². The molecule has 20 heavy (non-hydrogen) atoms. The quantitative estimate of drug-likeness (QED) is 0.664. The highest BCUT2D eigenvalue weighted by Gasteiger charge is 2.16. The average molecular weight is 283 g/mol. The Bertz CT molecular complexity index is 372. The van der Waals surface area contributed by atoms with Crippen LogP contribution >= 0.6 is 0 Å². The number of aryl methyl sites for hydroxylation is 1. The van der Waals surface area contributed by atoms with Crippen LogP contribution in [0.5, 0.6) is 5.75 Å². The minimum absolute atomic E-state index is 0.130. The summed E-state index contributed by atoms with van der Waals surface area (Å²) in [6.45, 7) is 12.9. The van der Waals surface area contributed by atoms with Crippen molar-refractivity contribution in [3.8, 4) is 5.75 Å². The van der Waals surface area contributed by atoms with Crippen molar-refractivity contribution in [1.29, 1.82) is 0 Å². The number of carbonyl (C=O) groups excluding carboxylic acids is 1. The van der Waals surface area contributed by atoms with Crippen LogP contribution < -0.4 is 10.5 Å². The predicted molar refractivity (Wildman–Crippen MR) is 85.3 cm³/mol. The van der Waals surface area contributed by atoms with Crippen molar-refractivity contribution >= 4 is 12.2 Å². The zero-order valence-electron chi connectivity index (χ0n) is 14.0. The van der Waals surface area contributed by atoms with Crippen molar-refractivity contribution in [3.63, 3.8) is 0 Å². The van der Waals surface area contributed by atoms with Crippen molar-refractivity contribution in [2.45, 2.75) is 47.0 Å². The molecule has 0 heterocycles. The number of benzene rings is 1. The highest BCUT2D eigenvalue weighted by molar-refractivity contribution is 5.59. The van der Waals surface area contributed by atoms with Crippen molar-refractivity contribution in [2.24, 2.45) is 0 Å². The van der Waals surface area contributed by atoms with Gasteiger partial charge < -0.3 is 15.2 Å². The molecule has 0 radical (unpaired) electrons. The number of rotatable bonds is 2. The average Bonchev–Trinajstić information content (AvgIpc) is 2.40. The Morgan fingerprint density at radius 1 is 1.15 bits per heavy atom. The third-order valence-corrected chi connectivity index (χ3v) is 2.47. The first-order chi connectivity index (χ1) is 9.27. The van der Waals surface area contributed by atoms with Gasteiger partial charge in [0.25, 0.3) is 6.47 Å². The molecule has 0 amide bonds. The van der Waals surface area contributed by atoms with E-state index in [2.05, 4.69) is 31.6 Å². The van der Waals surface area contributed by atoms with Gasteiger partial charge in [-0.1, -0.05) is 40.7 Å². The third kappa shape index (κ3) is 7.02. The largest absolute Gasteiger partial charge is 0.494 e. The second-order valence-electron chi connectivity index (χ2n) is 5.00. The summed E-state index contributed by atoms with van der Waals surface area (Å²) in [5.74, 6) is 0.790. The smallest absolute Gasteiger partial charge is 0.292 e. The molecule has 0 unspecified atom stereocenters. The molecule has 0 fully saturated rings. The van der Waals surface area contributed by atoms with E-state index in [1.54, 1.807) is 7.11 Å². The minimum atomic E-state index is 0.130. The molecule has 0 saturated carbocycles. The van der Waals surface area contributed by atoms with Gasteiger partial charge in [0.1, 0.15) is 5.75 Å². The lowest BCUT2D eigenvalue weighted by atomic mass is 9.86. The molecule has 0 aliphatic carbocycles. The summed E-state index contributed by atoms with van der Waals surface area (Å²) in [6.07, 6.45) is 0. The number of nitrogens with two attached hydrogens (primary N) is 1. The van der Waals surface area contributed by atoms with Crippen LogP contribution in [0.3, 0.4) is 0 Å². The Hall–Kier alpha value is -1.71. The summed E-state index contributed by atoms with van der Waals surface area (Å²) in [4.78, 5) is 8.95. The SMILES string of the molecule is CC.COC=O.COc1c(C)cc(C(C)(C)C)cc1N. The normalized spacial score (nSPS) is 9.40. The molecule has 4 heteroatoms. The molecular formula is C16H29NO3. The van der Waals surface area contributed by atoms with Gasteiger partial charge in [-0.15, -0.1) is 0 Å². The number of methoxy groups -OCH3 is 2. The van der Waals surface area contributed by atoms with Gasteiger partial charge in [-0.25, -0.2) is 0 Å². The number of hydrogen-bond acceptors (Lipinski definition) is 4. The monoisotopic (exact) mass is 283 g/mol. The number of ether oxygens (including phenoxy) is 2. The lowest BCUT2D eigenvalue weighted by Gasteiger charge is -2.21. The number of hydrogen-bond donors (Lipinski definition) is 1. The standard InChI is InChI=1S/C12H19NO.C2H4O2.C2H6/c1-8-6-9(12(2,3)4)7-10(13)11(8)14-5;1-4-2-3;1-2/h6-7H,13H2,1-5H3;2H,1H3;1-2H3. The van der Waals surface area contributed by atoms with Gasteiger partial charge in [-0.3, -0.25) is 4.79 Å². The van der Waals surface area contributed by atoms with Crippen molar-refractivity contribution in [2.75, 3.05) is 20.0 Å². The molecule has 1 aromatic rings. The molecule has 4 nitrogen and oxygen atoms in total. The molecule has 0 aliphatic heterocycles. The van der Waals surface area contributed by atoms with Gasteiger partial charge in [-0.05, 0) is 29.5 Å². The Morgan fingerprint density at radius 3 is 1.85 bits per heavy atom. The topological polar surface area (TPSA) is 61.5 Å². The maximum Gasteiger partial charge on any atom is 0.292 e. The van der Waals surface area contributed by atoms with Crippen LogP contribution in [0.1, 0.15) is 45.7 Å². The second-order valence-corrected chi connectivity index (χ2v) is 5.00. The van der Waals surface area contributed by atoms with E-state index in [4.69, 9.17) is 15.3 Å². The van der Waals surface area contributed by atoms with E-state index in [1.165, 1.54) is 12.7 Å². The highest BCUT2D eigenvalue weighted by Crippen LogP contribution is 2.32. The van der Waals surface area contributed by atoms with E-state index < -0.39 is 0 Å². The molecule has 2 N–H and O–H groups in total. The number of anilines is 1. The van der Waals surface area contributed by atoms with E-state index in [-0.39, 0.29) is 5.41 Å². The first kappa shape index (κ1) is 20.6. The Labute approximate surface area is 123 Å². The lowest BCUT2D eigenvalue weighted by Crippen LogP contribution is -2.12. The fraction of sp³-hybridized carbons (Fsp3) is 0.562. The Balaban J connectivity index is 0. The minimum Gasteiger partial charge on any atom is -0.494 e. The van der Waals surface area contributed by atoms with Crippen molar-refractivity contribution < 1.29 is 14.3 Å². The van der Waals surface area contributed by atoms with E-state index >= 15 is 0 Å². The number of carbonyl (C=O) groups is 1. The van der Waals surface area contributed by atoms with Crippen LogP contribution in [0.25, 0.3) is 0 Å². The second kappa shape index (κ2) is 10.1. The van der Waals surface area contributed by atoms with E-state index in [9.17, 15) is 0 Å². The molecule has 0 spiro atoms. The van der Waals surface area contributed by atoms with Gasteiger partial charge in [0.2, 0.25) is 0 Å². The van der Waals surface area contributed by atoms with Gasteiger partial charge in [0.15, 0.2) is 0 Å². The molecule has 0 saturated heterocycles. The molecule has 1 rings (SSSR count). The maximum absolute atomic E-state index is 8.95. The highest BCUT2D eigenvalue weighted by atomic mass is 16.5. The van der Waals surface area contributed by atoms with E-state index in [0.717, 1.165) is 17.0 Å². The van der Waals surface area contributed by atoms with Crippen LogP contribution in [-0.4, -0.2) is 20.7 Å². The molecule has 0 aliphatic rings.